The summed E-state index contributed by atoms with van der Waals surface area (Å²) in [6, 6.07) is 48.4. The van der Waals surface area contributed by atoms with Crippen molar-refractivity contribution >= 4 is 44.6 Å². The molecule has 0 atom stereocenters. The van der Waals surface area contributed by atoms with E-state index in [-0.39, 0.29) is 26.5 Å². The van der Waals surface area contributed by atoms with Gasteiger partial charge in [0.1, 0.15) is 5.82 Å². The first-order valence-corrected chi connectivity index (χ1v) is 15.1. The van der Waals surface area contributed by atoms with Crippen LogP contribution in [0.3, 0.4) is 0 Å². The molecule has 0 aliphatic carbocycles. The van der Waals surface area contributed by atoms with E-state index in [2.05, 4.69) is 145 Å². The Balaban J connectivity index is 0.00000338. The number of aromatic nitrogens is 2. The van der Waals surface area contributed by atoms with Crippen LogP contribution in [-0.4, -0.2) is 9.55 Å². The minimum atomic E-state index is 0. The van der Waals surface area contributed by atoms with Gasteiger partial charge in [-0.05, 0) is 58.8 Å². The Labute approximate surface area is 284 Å². The van der Waals surface area contributed by atoms with E-state index >= 15 is 0 Å². The molecular weight excluding hydrogens is 748 g/mol. The topological polar surface area (TPSA) is 33.5 Å². The summed E-state index contributed by atoms with van der Waals surface area (Å²) in [5, 5.41) is 2.22. The maximum Gasteiger partial charge on any atom is 0.126 e. The molecule has 0 unspecified atom stereocenters. The SMILES string of the molecule is CC(C)(C)c1ccnc(-n2c3c[c-]c(Oc4[c-]c(N5[CH-]N(c6ccccc6)c6ccccc65)ccc4)cc3c3ccccc32)c1.[Pt]. The number of hydrogen-bond acceptors (Lipinski definition) is 4. The van der Waals surface area contributed by atoms with Gasteiger partial charge >= 0.3 is 0 Å². The summed E-state index contributed by atoms with van der Waals surface area (Å²) in [5.41, 5.74) is 7.57. The van der Waals surface area contributed by atoms with Crippen LogP contribution in [0.2, 0.25) is 0 Å². The number of rotatable bonds is 5. The molecule has 0 fully saturated rings. The van der Waals surface area contributed by atoms with Gasteiger partial charge < -0.3 is 19.1 Å². The Bertz CT molecular complexity index is 2180. The second-order valence-corrected chi connectivity index (χ2v) is 12.3. The fourth-order valence-electron chi connectivity index (χ4n) is 6.06. The van der Waals surface area contributed by atoms with E-state index in [9.17, 15) is 0 Å². The molecule has 0 spiro atoms. The third-order valence-corrected chi connectivity index (χ3v) is 8.32. The van der Waals surface area contributed by atoms with Crippen LogP contribution in [0.5, 0.6) is 11.5 Å². The molecule has 1 aliphatic heterocycles. The number of benzene rings is 5. The van der Waals surface area contributed by atoms with E-state index < -0.39 is 0 Å². The average Bonchev–Trinajstić information content (AvgIpc) is 3.61. The van der Waals surface area contributed by atoms with Crippen LogP contribution in [0.15, 0.2) is 128 Å². The predicted molar refractivity (Wildman–Crippen MR) is 183 cm³/mol. The molecular formula is C40H31N4OPt-3. The Morgan fingerprint density at radius 2 is 1.43 bits per heavy atom. The molecule has 8 rings (SSSR count). The van der Waals surface area contributed by atoms with Crippen LogP contribution in [0.25, 0.3) is 27.6 Å². The monoisotopic (exact) mass is 778 g/mol. The third-order valence-electron chi connectivity index (χ3n) is 8.32. The molecule has 0 N–H and O–H groups in total. The summed E-state index contributed by atoms with van der Waals surface area (Å²) in [5.74, 6) is 2.14. The van der Waals surface area contributed by atoms with Crippen molar-refractivity contribution in [2.45, 2.75) is 26.2 Å². The van der Waals surface area contributed by atoms with Gasteiger partial charge in [-0.15, -0.1) is 48.8 Å². The quantitative estimate of drug-likeness (QED) is 0.163. The van der Waals surface area contributed by atoms with Crippen LogP contribution >= 0.6 is 0 Å². The van der Waals surface area contributed by atoms with Crippen molar-refractivity contribution < 1.29 is 25.8 Å². The Morgan fingerprint density at radius 3 is 2.24 bits per heavy atom. The van der Waals surface area contributed by atoms with E-state index in [4.69, 9.17) is 9.72 Å². The maximum absolute atomic E-state index is 6.42. The fourth-order valence-corrected chi connectivity index (χ4v) is 6.06. The Hall–Kier alpha value is -4.86. The van der Waals surface area contributed by atoms with Crippen molar-refractivity contribution in [3.05, 3.63) is 152 Å². The van der Waals surface area contributed by atoms with Gasteiger partial charge in [0.05, 0.1) is 0 Å². The van der Waals surface area contributed by atoms with Crippen molar-refractivity contribution in [3.63, 3.8) is 0 Å². The van der Waals surface area contributed by atoms with Crippen LogP contribution in [0.1, 0.15) is 26.3 Å². The number of pyridine rings is 1. The number of ether oxygens (including phenoxy) is 1. The minimum Gasteiger partial charge on any atom is -0.509 e. The molecule has 230 valence electrons. The van der Waals surface area contributed by atoms with Crippen molar-refractivity contribution in [2.75, 3.05) is 9.80 Å². The number of anilines is 4. The molecule has 5 nitrogen and oxygen atoms in total. The summed E-state index contributed by atoms with van der Waals surface area (Å²) in [6.45, 7) is 8.77. The summed E-state index contributed by atoms with van der Waals surface area (Å²) < 4.78 is 8.64. The number of nitrogens with zero attached hydrogens (tertiary/aromatic N) is 4. The largest absolute Gasteiger partial charge is 0.509 e. The zero-order valence-corrected chi connectivity index (χ0v) is 28.0. The maximum atomic E-state index is 6.42. The second-order valence-electron chi connectivity index (χ2n) is 12.3. The fraction of sp³-hybridized carbons (Fsp3) is 0.100. The van der Waals surface area contributed by atoms with E-state index in [1.165, 1.54) is 5.56 Å². The first kappa shape index (κ1) is 29.8. The molecule has 0 radical (unpaired) electrons. The summed E-state index contributed by atoms with van der Waals surface area (Å²) in [6.07, 6.45) is 1.90. The molecule has 7 aromatic rings. The first-order valence-electron chi connectivity index (χ1n) is 15.1. The first-order chi connectivity index (χ1) is 21.9. The van der Waals surface area contributed by atoms with Gasteiger partial charge in [-0.3, -0.25) is 0 Å². The number of fused-ring (bicyclic) bond motifs is 4. The molecule has 2 aromatic heterocycles. The van der Waals surface area contributed by atoms with Gasteiger partial charge in [-0.1, -0.05) is 80.2 Å². The van der Waals surface area contributed by atoms with Gasteiger partial charge in [0.25, 0.3) is 0 Å². The Morgan fingerprint density at radius 1 is 0.696 bits per heavy atom. The van der Waals surface area contributed by atoms with Gasteiger partial charge in [-0.25, -0.2) is 4.98 Å². The van der Waals surface area contributed by atoms with Crippen molar-refractivity contribution in [2.24, 2.45) is 0 Å². The van der Waals surface area contributed by atoms with Gasteiger partial charge in [0.2, 0.25) is 0 Å². The molecule has 3 heterocycles. The molecule has 6 heteroatoms. The average molecular weight is 779 g/mol. The van der Waals surface area contributed by atoms with Gasteiger partial charge in [0.15, 0.2) is 0 Å². The summed E-state index contributed by atoms with van der Waals surface area (Å²) >= 11 is 0. The zero-order valence-electron chi connectivity index (χ0n) is 25.7. The standard InChI is InChI=1S/C40H31N4O.Pt/c1-40(2,3)28-22-23-41-39(24-28)44-35-17-8-7-16-33(35)34-26-32(20-21-36(34)44)45-31-15-11-14-30(25-31)43-27-42(29-12-5-4-6-13-29)37-18-9-10-19-38(37)43;/h4-19,21-24,26-27H,1-3H3;/q-3;. The van der Waals surface area contributed by atoms with Crippen molar-refractivity contribution in [3.8, 4) is 17.3 Å². The van der Waals surface area contributed by atoms with E-state index in [0.29, 0.717) is 11.5 Å². The molecule has 46 heavy (non-hydrogen) atoms. The van der Waals surface area contributed by atoms with Crippen LogP contribution in [-0.2, 0) is 26.5 Å². The molecule has 0 amide bonds. The zero-order chi connectivity index (χ0) is 30.5. The normalized spacial score (nSPS) is 12.8. The van der Waals surface area contributed by atoms with Crippen molar-refractivity contribution in [1.82, 2.24) is 9.55 Å². The molecule has 0 saturated heterocycles. The molecule has 0 bridgehead atoms. The van der Waals surface area contributed by atoms with Crippen LogP contribution in [0, 0.1) is 18.8 Å². The molecule has 0 saturated carbocycles. The van der Waals surface area contributed by atoms with Crippen LogP contribution < -0.4 is 14.5 Å². The van der Waals surface area contributed by atoms with Crippen molar-refractivity contribution in [1.29, 1.82) is 0 Å². The summed E-state index contributed by atoms with van der Waals surface area (Å²) in [7, 11) is 0. The Kier molecular flexibility index (Phi) is 7.66. The number of hydrogen-bond donors (Lipinski definition) is 0. The smallest absolute Gasteiger partial charge is 0.126 e. The van der Waals surface area contributed by atoms with Gasteiger partial charge in [-0.2, -0.15) is 6.07 Å². The van der Waals surface area contributed by atoms with Gasteiger partial charge in [0, 0.05) is 61.3 Å². The summed E-state index contributed by atoms with van der Waals surface area (Å²) in [4.78, 5) is 9.12. The molecule has 1 aliphatic rings. The minimum absolute atomic E-state index is 0. The van der Waals surface area contributed by atoms with E-state index in [1.807, 2.05) is 36.5 Å². The number of para-hydroxylation sites is 4. The van der Waals surface area contributed by atoms with E-state index in [1.54, 1.807) is 0 Å². The third kappa shape index (κ3) is 5.25. The van der Waals surface area contributed by atoms with E-state index in [0.717, 1.165) is 50.4 Å². The predicted octanol–water partition coefficient (Wildman–Crippen LogP) is 10.3. The molecule has 5 aromatic carbocycles. The second kappa shape index (κ2) is 11.8. The van der Waals surface area contributed by atoms with Crippen LogP contribution in [0.4, 0.5) is 22.7 Å².